The fourth-order valence-corrected chi connectivity index (χ4v) is 2.83. The molecule has 0 atom stereocenters. The van der Waals surface area contributed by atoms with Gasteiger partial charge in [-0.3, -0.25) is 4.57 Å². The first kappa shape index (κ1) is 13.7. The molecule has 0 fully saturated rings. The molecule has 0 aliphatic rings. The van der Waals surface area contributed by atoms with E-state index in [-0.39, 0.29) is 5.69 Å². The van der Waals surface area contributed by atoms with E-state index in [1.165, 1.54) is 0 Å². The third-order valence-electron chi connectivity index (χ3n) is 3.47. The maximum atomic E-state index is 12.8. The van der Waals surface area contributed by atoms with Gasteiger partial charge >= 0.3 is 5.69 Å². The van der Waals surface area contributed by atoms with Crippen molar-refractivity contribution in [2.24, 2.45) is 0 Å². The zero-order valence-electron chi connectivity index (χ0n) is 11.9. The van der Waals surface area contributed by atoms with Gasteiger partial charge in [0.1, 0.15) is 4.64 Å². The smallest absolute Gasteiger partial charge is 0.284 e. The Balaban J connectivity index is 2.53. The maximum Gasteiger partial charge on any atom is 0.335 e. The summed E-state index contributed by atoms with van der Waals surface area (Å²) in [5.41, 5.74) is 2.34. The molecular formula is C16H15N3OS. The van der Waals surface area contributed by atoms with Crippen molar-refractivity contribution in [3.05, 3.63) is 63.3 Å². The lowest BCUT2D eigenvalue weighted by Crippen LogP contribution is -2.30. The average Bonchev–Trinajstić information content (AvgIpc) is 2.48. The van der Waals surface area contributed by atoms with Crippen molar-refractivity contribution in [1.82, 2.24) is 14.1 Å². The quantitative estimate of drug-likeness (QED) is 0.682. The van der Waals surface area contributed by atoms with Crippen LogP contribution in [-0.2, 0) is 6.54 Å². The third-order valence-corrected chi connectivity index (χ3v) is 3.91. The largest absolute Gasteiger partial charge is 0.335 e. The van der Waals surface area contributed by atoms with Crippen molar-refractivity contribution in [2.45, 2.75) is 20.4 Å². The summed E-state index contributed by atoms with van der Waals surface area (Å²) in [5.74, 6) is 0. The van der Waals surface area contributed by atoms with Crippen molar-refractivity contribution in [1.29, 1.82) is 0 Å². The first-order valence-corrected chi connectivity index (χ1v) is 7.22. The minimum absolute atomic E-state index is 0.153. The van der Waals surface area contributed by atoms with Gasteiger partial charge in [0.2, 0.25) is 0 Å². The molecule has 0 unspecified atom stereocenters. The molecule has 0 saturated heterocycles. The second-order valence-corrected chi connectivity index (χ2v) is 5.27. The van der Waals surface area contributed by atoms with Crippen LogP contribution in [0.25, 0.3) is 16.7 Å². The van der Waals surface area contributed by atoms with Gasteiger partial charge in [-0.15, -0.1) is 0 Å². The zero-order chi connectivity index (χ0) is 15.0. The summed E-state index contributed by atoms with van der Waals surface area (Å²) in [6, 6.07) is 11.6. The predicted octanol–water partition coefficient (Wildman–Crippen LogP) is 3.25. The van der Waals surface area contributed by atoms with Crippen LogP contribution >= 0.6 is 12.2 Å². The Kier molecular flexibility index (Phi) is 3.43. The molecule has 0 spiro atoms. The molecule has 4 nitrogen and oxygen atoms in total. The first-order chi connectivity index (χ1) is 10.1. The number of hydrogen-bond donors (Lipinski definition) is 0. The van der Waals surface area contributed by atoms with E-state index in [2.05, 4.69) is 4.98 Å². The van der Waals surface area contributed by atoms with Gasteiger partial charge in [0, 0.05) is 12.7 Å². The van der Waals surface area contributed by atoms with Gasteiger partial charge in [0.15, 0.2) is 5.65 Å². The highest BCUT2D eigenvalue weighted by Crippen LogP contribution is 2.16. The van der Waals surface area contributed by atoms with E-state index in [9.17, 15) is 4.79 Å². The fourth-order valence-electron chi connectivity index (χ4n) is 2.46. The number of benzene rings is 1. The van der Waals surface area contributed by atoms with Crippen LogP contribution in [0.4, 0.5) is 0 Å². The van der Waals surface area contributed by atoms with E-state index in [1.807, 2.05) is 50.2 Å². The SMILES string of the molecule is CCn1c(=S)c2cccnc2n(-c2cccc(C)c2)c1=O. The molecule has 1 aromatic carbocycles. The molecule has 5 heteroatoms. The maximum absolute atomic E-state index is 12.8. The normalized spacial score (nSPS) is 11.0. The summed E-state index contributed by atoms with van der Waals surface area (Å²) in [5, 5.41) is 0.815. The van der Waals surface area contributed by atoms with Gasteiger partial charge in [0.25, 0.3) is 0 Å². The first-order valence-electron chi connectivity index (χ1n) is 6.81. The molecule has 3 aromatic rings. The number of hydrogen-bond acceptors (Lipinski definition) is 3. The number of pyridine rings is 1. The highest BCUT2D eigenvalue weighted by molar-refractivity contribution is 7.71. The molecule has 2 heterocycles. The number of aromatic nitrogens is 3. The van der Waals surface area contributed by atoms with Crippen LogP contribution in [0.1, 0.15) is 12.5 Å². The van der Waals surface area contributed by atoms with Gasteiger partial charge in [-0.25, -0.2) is 14.3 Å². The van der Waals surface area contributed by atoms with Crippen molar-refractivity contribution < 1.29 is 0 Å². The van der Waals surface area contributed by atoms with E-state index in [0.29, 0.717) is 16.8 Å². The molecule has 0 saturated carbocycles. The summed E-state index contributed by atoms with van der Waals surface area (Å²) in [4.78, 5) is 17.1. The van der Waals surface area contributed by atoms with Gasteiger partial charge < -0.3 is 0 Å². The summed E-state index contributed by atoms with van der Waals surface area (Å²) >= 11 is 5.43. The minimum atomic E-state index is -0.153. The molecule has 106 valence electrons. The minimum Gasteiger partial charge on any atom is -0.284 e. The monoisotopic (exact) mass is 297 g/mol. The molecule has 0 aliphatic carbocycles. The zero-order valence-corrected chi connectivity index (χ0v) is 12.7. The second kappa shape index (κ2) is 5.26. The fraction of sp³-hybridized carbons (Fsp3) is 0.188. The van der Waals surface area contributed by atoms with E-state index >= 15 is 0 Å². The Morgan fingerprint density at radius 1 is 1.24 bits per heavy atom. The van der Waals surface area contributed by atoms with Crippen LogP contribution in [0, 0.1) is 11.6 Å². The van der Waals surface area contributed by atoms with Gasteiger partial charge in [-0.1, -0.05) is 24.4 Å². The number of aryl methyl sites for hydroxylation is 1. The number of fused-ring (bicyclic) bond motifs is 1. The summed E-state index contributed by atoms with van der Waals surface area (Å²) in [7, 11) is 0. The summed E-state index contributed by atoms with van der Waals surface area (Å²) in [6.45, 7) is 4.45. The summed E-state index contributed by atoms with van der Waals surface area (Å²) < 4.78 is 3.76. The summed E-state index contributed by atoms with van der Waals surface area (Å²) in [6.07, 6.45) is 1.68. The standard InChI is InChI=1S/C16H15N3OS/c1-3-18-15(21)13-8-5-9-17-14(13)19(16(18)20)12-7-4-6-11(2)10-12/h4-10H,3H2,1-2H3. The average molecular weight is 297 g/mol. The lowest BCUT2D eigenvalue weighted by Gasteiger charge is -2.13. The lowest BCUT2D eigenvalue weighted by molar-refractivity contribution is 0.673. The molecule has 21 heavy (non-hydrogen) atoms. The molecule has 0 aliphatic heterocycles. The van der Waals surface area contributed by atoms with Crippen molar-refractivity contribution in [2.75, 3.05) is 0 Å². The van der Waals surface area contributed by atoms with Crippen LogP contribution in [0.15, 0.2) is 47.4 Å². The van der Waals surface area contributed by atoms with Gasteiger partial charge in [-0.2, -0.15) is 0 Å². The topological polar surface area (TPSA) is 39.8 Å². The Morgan fingerprint density at radius 2 is 2.05 bits per heavy atom. The molecule has 0 amide bonds. The Hall–Kier alpha value is -2.27. The number of nitrogens with zero attached hydrogens (tertiary/aromatic N) is 3. The van der Waals surface area contributed by atoms with Crippen LogP contribution in [0.3, 0.4) is 0 Å². The van der Waals surface area contributed by atoms with Crippen LogP contribution in [0.2, 0.25) is 0 Å². The Bertz CT molecular complexity index is 940. The van der Waals surface area contributed by atoms with Crippen LogP contribution in [0.5, 0.6) is 0 Å². The highest BCUT2D eigenvalue weighted by atomic mass is 32.1. The van der Waals surface area contributed by atoms with Crippen molar-refractivity contribution >= 4 is 23.3 Å². The van der Waals surface area contributed by atoms with Gasteiger partial charge in [-0.05, 0) is 43.7 Å². The van der Waals surface area contributed by atoms with Gasteiger partial charge in [0.05, 0.1) is 11.1 Å². The van der Waals surface area contributed by atoms with Crippen LogP contribution < -0.4 is 5.69 Å². The highest BCUT2D eigenvalue weighted by Gasteiger charge is 2.12. The molecule has 3 rings (SSSR count). The lowest BCUT2D eigenvalue weighted by atomic mass is 10.2. The molecule has 0 radical (unpaired) electrons. The Labute approximate surface area is 127 Å². The predicted molar refractivity (Wildman–Crippen MR) is 86.6 cm³/mol. The second-order valence-electron chi connectivity index (χ2n) is 4.88. The molecule has 2 aromatic heterocycles. The van der Waals surface area contributed by atoms with E-state index in [1.54, 1.807) is 15.3 Å². The van der Waals surface area contributed by atoms with E-state index < -0.39 is 0 Å². The Morgan fingerprint density at radius 3 is 2.76 bits per heavy atom. The molecule has 0 bridgehead atoms. The van der Waals surface area contributed by atoms with Crippen molar-refractivity contribution in [3.63, 3.8) is 0 Å². The third kappa shape index (κ3) is 2.19. The van der Waals surface area contributed by atoms with Crippen molar-refractivity contribution in [3.8, 4) is 5.69 Å². The number of rotatable bonds is 2. The van der Waals surface area contributed by atoms with Crippen LogP contribution in [-0.4, -0.2) is 14.1 Å². The molecule has 0 N–H and O–H groups in total. The van der Waals surface area contributed by atoms with E-state index in [4.69, 9.17) is 12.2 Å². The molecular weight excluding hydrogens is 282 g/mol. The van der Waals surface area contributed by atoms with E-state index in [0.717, 1.165) is 16.6 Å².